The van der Waals surface area contributed by atoms with E-state index in [0.717, 1.165) is 17.3 Å². The molecule has 0 saturated carbocycles. The van der Waals surface area contributed by atoms with Gasteiger partial charge in [-0.05, 0) is 37.3 Å². The summed E-state index contributed by atoms with van der Waals surface area (Å²) in [5.74, 6) is 1.17. The lowest BCUT2D eigenvalue weighted by molar-refractivity contribution is -0.131. The molecule has 10 heteroatoms. The quantitative estimate of drug-likeness (QED) is 0.559. The Morgan fingerprint density at radius 3 is 2.68 bits per heavy atom. The van der Waals surface area contributed by atoms with Gasteiger partial charge in [0.2, 0.25) is 24.5 Å². The minimum atomic E-state index is -0.271. The fourth-order valence-electron chi connectivity index (χ4n) is 2.79. The van der Waals surface area contributed by atoms with Gasteiger partial charge < -0.3 is 24.1 Å². The lowest BCUT2D eigenvalue weighted by Gasteiger charge is -2.16. The molecule has 4 rings (SSSR count). The average molecular weight is 440 g/mol. The van der Waals surface area contributed by atoms with Gasteiger partial charge in [-0.15, -0.1) is 10.2 Å². The highest BCUT2D eigenvalue weighted by molar-refractivity contribution is 7.99. The van der Waals surface area contributed by atoms with Crippen LogP contribution in [-0.2, 0) is 9.59 Å². The van der Waals surface area contributed by atoms with E-state index in [1.165, 1.54) is 4.90 Å². The number of aryl methyl sites for hydroxylation is 1. The zero-order valence-corrected chi connectivity index (χ0v) is 17.8. The molecule has 0 unspecified atom stereocenters. The van der Waals surface area contributed by atoms with Crippen LogP contribution in [0.2, 0.25) is 0 Å². The molecular formula is C21H20N4O5S. The first-order valence-corrected chi connectivity index (χ1v) is 10.4. The molecule has 0 fully saturated rings. The van der Waals surface area contributed by atoms with Crippen LogP contribution in [-0.4, -0.2) is 53.0 Å². The number of aromatic nitrogens is 2. The number of hydrogen-bond donors (Lipinski definition) is 1. The van der Waals surface area contributed by atoms with E-state index in [1.807, 2.05) is 31.2 Å². The summed E-state index contributed by atoms with van der Waals surface area (Å²) in [6.45, 7) is 2.10. The number of likely N-dealkylation sites (N-methyl/N-ethyl adjacent to an activating group) is 1. The Bertz CT molecular complexity index is 1100. The molecule has 31 heavy (non-hydrogen) atoms. The van der Waals surface area contributed by atoms with Crippen molar-refractivity contribution in [1.29, 1.82) is 0 Å². The molecule has 2 aromatic carbocycles. The minimum Gasteiger partial charge on any atom is -0.454 e. The Morgan fingerprint density at radius 2 is 1.87 bits per heavy atom. The predicted molar refractivity (Wildman–Crippen MR) is 114 cm³/mol. The second-order valence-corrected chi connectivity index (χ2v) is 7.82. The number of hydrogen-bond acceptors (Lipinski definition) is 8. The van der Waals surface area contributed by atoms with Crippen LogP contribution < -0.4 is 14.8 Å². The molecule has 1 N–H and O–H groups in total. The SMILES string of the molecule is Cc1ccc(NC(=O)CN(C)C(=O)CSc2nnc(-c3ccc4c(c3)OCO4)o2)cc1. The third-order valence-corrected chi connectivity index (χ3v) is 5.29. The third-order valence-electron chi connectivity index (χ3n) is 4.49. The average Bonchev–Trinajstić information content (AvgIpc) is 3.42. The van der Waals surface area contributed by atoms with Gasteiger partial charge in [0.25, 0.3) is 5.22 Å². The van der Waals surface area contributed by atoms with Crippen LogP contribution in [0.3, 0.4) is 0 Å². The smallest absolute Gasteiger partial charge is 0.277 e. The molecule has 0 saturated heterocycles. The van der Waals surface area contributed by atoms with E-state index in [2.05, 4.69) is 15.5 Å². The molecule has 3 aromatic rings. The normalized spacial score (nSPS) is 11.9. The maximum absolute atomic E-state index is 12.4. The van der Waals surface area contributed by atoms with Crippen molar-refractivity contribution < 1.29 is 23.5 Å². The van der Waals surface area contributed by atoms with Crippen molar-refractivity contribution in [3.63, 3.8) is 0 Å². The van der Waals surface area contributed by atoms with Gasteiger partial charge in [0.15, 0.2) is 11.5 Å². The van der Waals surface area contributed by atoms with Crippen molar-refractivity contribution in [3.8, 4) is 23.0 Å². The third kappa shape index (κ3) is 5.15. The summed E-state index contributed by atoms with van der Waals surface area (Å²) in [5, 5.41) is 11.0. The van der Waals surface area contributed by atoms with E-state index in [-0.39, 0.29) is 36.1 Å². The number of carbonyl (C=O) groups is 2. The van der Waals surface area contributed by atoms with Gasteiger partial charge in [0, 0.05) is 18.3 Å². The Labute approximate surface area is 182 Å². The summed E-state index contributed by atoms with van der Waals surface area (Å²) in [7, 11) is 1.57. The number of ether oxygens (including phenoxy) is 2. The lowest BCUT2D eigenvalue weighted by Crippen LogP contribution is -2.35. The molecule has 2 heterocycles. The molecule has 1 aliphatic heterocycles. The van der Waals surface area contributed by atoms with Crippen molar-refractivity contribution in [2.75, 3.05) is 31.5 Å². The fraction of sp³-hybridized carbons (Fsp3) is 0.238. The summed E-state index contributed by atoms with van der Waals surface area (Å²) in [6.07, 6.45) is 0. The number of benzene rings is 2. The first-order valence-electron chi connectivity index (χ1n) is 9.45. The second-order valence-electron chi connectivity index (χ2n) is 6.89. The number of carbonyl (C=O) groups excluding carboxylic acids is 2. The van der Waals surface area contributed by atoms with Crippen LogP contribution >= 0.6 is 11.8 Å². The second kappa shape index (κ2) is 9.09. The molecule has 160 valence electrons. The van der Waals surface area contributed by atoms with Gasteiger partial charge in [0.05, 0.1) is 12.3 Å². The van der Waals surface area contributed by atoms with Crippen LogP contribution in [0.5, 0.6) is 11.5 Å². The van der Waals surface area contributed by atoms with E-state index in [0.29, 0.717) is 28.6 Å². The minimum absolute atomic E-state index is 0.0560. The van der Waals surface area contributed by atoms with Gasteiger partial charge >= 0.3 is 0 Å². The maximum Gasteiger partial charge on any atom is 0.277 e. The molecule has 0 atom stereocenters. The first kappa shape index (κ1) is 20.7. The molecule has 1 aromatic heterocycles. The molecule has 0 radical (unpaired) electrons. The zero-order chi connectivity index (χ0) is 21.8. The molecule has 1 aliphatic rings. The molecule has 0 bridgehead atoms. The summed E-state index contributed by atoms with van der Waals surface area (Å²) in [6, 6.07) is 12.8. The summed E-state index contributed by atoms with van der Waals surface area (Å²) in [5.41, 5.74) is 2.48. The van der Waals surface area contributed by atoms with Crippen molar-refractivity contribution in [1.82, 2.24) is 15.1 Å². The Hall–Kier alpha value is -3.53. The van der Waals surface area contributed by atoms with Crippen molar-refractivity contribution in [2.45, 2.75) is 12.1 Å². The monoisotopic (exact) mass is 440 g/mol. The van der Waals surface area contributed by atoms with Gasteiger partial charge in [0.1, 0.15) is 0 Å². The Balaban J connectivity index is 1.27. The van der Waals surface area contributed by atoms with Gasteiger partial charge in [-0.3, -0.25) is 9.59 Å². The number of thioether (sulfide) groups is 1. The molecule has 0 aliphatic carbocycles. The van der Waals surface area contributed by atoms with E-state index in [4.69, 9.17) is 13.9 Å². The maximum atomic E-state index is 12.4. The van der Waals surface area contributed by atoms with E-state index < -0.39 is 0 Å². The largest absolute Gasteiger partial charge is 0.454 e. The van der Waals surface area contributed by atoms with Crippen LogP contribution in [0, 0.1) is 6.92 Å². The van der Waals surface area contributed by atoms with Gasteiger partial charge in [-0.25, -0.2) is 0 Å². The van der Waals surface area contributed by atoms with Crippen LogP contribution in [0.4, 0.5) is 5.69 Å². The number of rotatable bonds is 7. The van der Waals surface area contributed by atoms with Crippen LogP contribution in [0.25, 0.3) is 11.5 Å². The van der Waals surface area contributed by atoms with Gasteiger partial charge in [-0.2, -0.15) is 0 Å². The first-order chi connectivity index (χ1) is 15.0. The van der Waals surface area contributed by atoms with Crippen LogP contribution in [0.15, 0.2) is 52.1 Å². The topological polar surface area (TPSA) is 107 Å². The number of amides is 2. The van der Waals surface area contributed by atoms with E-state index in [9.17, 15) is 9.59 Å². The Kier molecular flexibility index (Phi) is 6.08. The summed E-state index contributed by atoms with van der Waals surface area (Å²) in [4.78, 5) is 25.9. The van der Waals surface area contributed by atoms with E-state index in [1.54, 1.807) is 25.2 Å². The van der Waals surface area contributed by atoms with Crippen molar-refractivity contribution >= 4 is 29.3 Å². The lowest BCUT2D eigenvalue weighted by atomic mass is 10.2. The fourth-order valence-corrected chi connectivity index (χ4v) is 3.49. The highest BCUT2D eigenvalue weighted by Crippen LogP contribution is 2.36. The number of nitrogens with zero attached hydrogens (tertiary/aromatic N) is 3. The standard InChI is InChI=1S/C21H20N4O5S/c1-13-3-6-15(7-4-13)22-18(26)10-25(2)19(27)11-31-21-24-23-20(30-21)14-5-8-16-17(9-14)29-12-28-16/h3-9H,10-12H2,1-2H3,(H,22,26). The molecule has 0 spiro atoms. The Morgan fingerprint density at radius 1 is 1.10 bits per heavy atom. The van der Waals surface area contributed by atoms with E-state index >= 15 is 0 Å². The van der Waals surface area contributed by atoms with Crippen molar-refractivity contribution in [3.05, 3.63) is 48.0 Å². The number of fused-ring (bicyclic) bond motifs is 1. The highest BCUT2D eigenvalue weighted by Gasteiger charge is 2.18. The highest BCUT2D eigenvalue weighted by atomic mass is 32.2. The molecule has 9 nitrogen and oxygen atoms in total. The van der Waals surface area contributed by atoms with Crippen molar-refractivity contribution in [2.24, 2.45) is 0 Å². The predicted octanol–water partition coefficient (Wildman–Crippen LogP) is 2.96. The molecule has 2 amide bonds. The number of anilines is 1. The van der Waals surface area contributed by atoms with Crippen LogP contribution in [0.1, 0.15) is 5.56 Å². The van der Waals surface area contributed by atoms with Gasteiger partial charge in [-0.1, -0.05) is 29.5 Å². The summed E-state index contributed by atoms with van der Waals surface area (Å²) >= 11 is 1.11. The zero-order valence-electron chi connectivity index (χ0n) is 17.0. The summed E-state index contributed by atoms with van der Waals surface area (Å²) < 4.78 is 16.3. The number of nitrogens with one attached hydrogen (secondary N) is 1. The molecular weight excluding hydrogens is 420 g/mol.